The molecule has 0 spiro atoms. The predicted molar refractivity (Wildman–Crippen MR) is 87.6 cm³/mol. The molecule has 2 aromatic rings. The summed E-state index contributed by atoms with van der Waals surface area (Å²) in [6, 6.07) is 12.2. The molecule has 1 N–H and O–H groups in total. The predicted octanol–water partition coefficient (Wildman–Crippen LogP) is 3.85. The number of rotatable bonds is 7. The van der Waals surface area contributed by atoms with Crippen LogP contribution in [0.5, 0.6) is 5.75 Å². The highest BCUT2D eigenvalue weighted by Gasteiger charge is 2.08. The van der Waals surface area contributed by atoms with Crippen LogP contribution in [-0.2, 0) is 13.1 Å². The van der Waals surface area contributed by atoms with Crippen molar-refractivity contribution in [1.82, 2.24) is 9.88 Å². The molecule has 0 fully saturated rings. The minimum Gasteiger partial charge on any atom is -0.494 e. The van der Waals surface area contributed by atoms with Crippen LogP contribution in [0.3, 0.4) is 0 Å². The zero-order valence-electron chi connectivity index (χ0n) is 13.3. The highest BCUT2D eigenvalue weighted by Crippen LogP contribution is 2.09. The summed E-state index contributed by atoms with van der Waals surface area (Å²) in [5, 5.41) is 3.50. The minimum absolute atomic E-state index is 0.158. The first-order chi connectivity index (χ1) is 10.0. The summed E-state index contributed by atoms with van der Waals surface area (Å²) in [5.74, 6) is 0.945. The Kier molecular flexibility index (Phi) is 5.45. The molecule has 0 saturated carbocycles. The van der Waals surface area contributed by atoms with Crippen molar-refractivity contribution >= 4 is 0 Å². The van der Waals surface area contributed by atoms with Crippen LogP contribution in [0.15, 0.2) is 48.8 Å². The van der Waals surface area contributed by atoms with Crippen molar-refractivity contribution < 1.29 is 4.74 Å². The van der Waals surface area contributed by atoms with E-state index < -0.39 is 0 Å². The smallest absolute Gasteiger partial charge is 0.119 e. The Hall–Kier alpha value is -1.74. The Bertz CT molecular complexity index is 526. The van der Waals surface area contributed by atoms with Crippen LogP contribution in [0.25, 0.3) is 0 Å². The van der Waals surface area contributed by atoms with Crippen molar-refractivity contribution in [2.45, 2.75) is 45.8 Å². The zero-order valence-corrected chi connectivity index (χ0v) is 13.3. The zero-order chi connectivity index (χ0) is 15.1. The average molecular weight is 286 g/mol. The molecule has 2 rings (SSSR count). The van der Waals surface area contributed by atoms with E-state index in [9.17, 15) is 0 Å². The summed E-state index contributed by atoms with van der Waals surface area (Å²) in [4.78, 5) is 0. The summed E-state index contributed by atoms with van der Waals surface area (Å²) in [6.07, 6.45) is 5.36. The van der Waals surface area contributed by atoms with Crippen molar-refractivity contribution in [2.75, 3.05) is 6.61 Å². The Morgan fingerprint density at radius 2 is 1.86 bits per heavy atom. The van der Waals surface area contributed by atoms with E-state index >= 15 is 0 Å². The number of nitrogens with one attached hydrogen (secondary N) is 1. The second-order valence-electron chi connectivity index (χ2n) is 6.38. The maximum absolute atomic E-state index is 5.70. The average Bonchev–Trinajstić information content (AvgIpc) is 2.90. The van der Waals surface area contributed by atoms with Gasteiger partial charge in [-0.3, -0.25) is 0 Å². The van der Waals surface area contributed by atoms with E-state index in [2.05, 4.69) is 49.1 Å². The molecule has 0 unspecified atom stereocenters. The van der Waals surface area contributed by atoms with Crippen molar-refractivity contribution in [3.05, 3.63) is 54.4 Å². The summed E-state index contributed by atoms with van der Waals surface area (Å²) in [6.45, 7) is 9.21. The fourth-order valence-electron chi connectivity index (χ4n) is 2.06. The second-order valence-corrected chi connectivity index (χ2v) is 6.38. The Morgan fingerprint density at radius 1 is 1.10 bits per heavy atom. The van der Waals surface area contributed by atoms with Gasteiger partial charge in [-0.25, -0.2) is 0 Å². The molecule has 114 valence electrons. The fourth-order valence-corrected chi connectivity index (χ4v) is 2.06. The van der Waals surface area contributed by atoms with E-state index in [1.807, 2.05) is 30.3 Å². The molecule has 0 aliphatic carbocycles. The van der Waals surface area contributed by atoms with Gasteiger partial charge < -0.3 is 14.6 Å². The molecule has 0 amide bonds. The first-order valence-electron chi connectivity index (χ1n) is 7.60. The number of para-hydroxylation sites is 1. The molecule has 3 nitrogen and oxygen atoms in total. The Labute approximate surface area is 127 Å². The van der Waals surface area contributed by atoms with Gasteiger partial charge >= 0.3 is 0 Å². The van der Waals surface area contributed by atoms with Gasteiger partial charge in [-0.05, 0) is 51.0 Å². The standard InChI is InChI=1S/C18H26N2O/c1-18(2,3)19-14-16-10-12-20(15-16)11-7-13-21-17-8-5-4-6-9-17/h4-6,8-10,12,15,19H,7,11,13-14H2,1-3H3. The van der Waals surface area contributed by atoms with Gasteiger partial charge in [0.1, 0.15) is 5.75 Å². The lowest BCUT2D eigenvalue weighted by molar-refractivity contribution is 0.302. The number of aromatic nitrogens is 1. The van der Waals surface area contributed by atoms with Gasteiger partial charge in [-0.15, -0.1) is 0 Å². The van der Waals surface area contributed by atoms with Crippen LogP contribution in [0.4, 0.5) is 0 Å². The highest BCUT2D eigenvalue weighted by atomic mass is 16.5. The van der Waals surface area contributed by atoms with Crippen LogP contribution < -0.4 is 10.1 Å². The second kappa shape index (κ2) is 7.32. The first kappa shape index (κ1) is 15.6. The number of hydrogen-bond donors (Lipinski definition) is 1. The first-order valence-corrected chi connectivity index (χ1v) is 7.60. The molecule has 0 saturated heterocycles. The fraction of sp³-hybridized carbons (Fsp3) is 0.444. The van der Waals surface area contributed by atoms with E-state index in [1.165, 1.54) is 5.56 Å². The van der Waals surface area contributed by atoms with E-state index in [4.69, 9.17) is 4.74 Å². The number of nitrogens with zero attached hydrogens (tertiary/aromatic N) is 1. The van der Waals surface area contributed by atoms with Gasteiger partial charge in [0.25, 0.3) is 0 Å². The number of hydrogen-bond acceptors (Lipinski definition) is 2. The molecule has 0 aliphatic heterocycles. The topological polar surface area (TPSA) is 26.2 Å². The molecule has 1 heterocycles. The highest BCUT2D eigenvalue weighted by molar-refractivity contribution is 5.20. The third-order valence-corrected chi connectivity index (χ3v) is 3.21. The van der Waals surface area contributed by atoms with E-state index in [0.29, 0.717) is 0 Å². The summed E-state index contributed by atoms with van der Waals surface area (Å²) >= 11 is 0. The van der Waals surface area contributed by atoms with Crippen LogP contribution >= 0.6 is 0 Å². The van der Waals surface area contributed by atoms with Gasteiger partial charge in [-0.2, -0.15) is 0 Å². The van der Waals surface area contributed by atoms with Crippen molar-refractivity contribution in [2.24, 2.45) is 0 Å². The van der Waals surface area contributed by atoms with Crippen molar-refractivity contribution in [3.8, 4) is 5.75 Å². The quantitative estimate of drug-likeness (QED) is 0.783. The van der Waals surface area contributed by atoms with Gasteiger partial charge in [0.05, 0.1) is 6.61 Å². The largest absolute Gasteiger partial charge is 0.494 e. The van der Waals surface area contributed by atoms with Crippen molar-refractivity contribution in [1.29, 1.82) is 0 Å². The third-order valence-electron chi connectivity index (χ3n) is 3.21. The molecule has 1 aromatic carbocycles. The summed E-state index contributed by atoms with van der Waals surface area (Å²) < 4.78 is 7.93. The van der Waals surface area contributed by atoms with Crippen molar-refractivity contribution in [3.63, 3.8) is 0 Å². The molecule has 0 aliphatic rings. The van der Waals surface area contributed by atoms with Crippen LogP contribution in [0.2, 0.25) is 0 Å². The Balaban J connectivity index is 1.68. The van der Waals surface area contributed by atoms with Crippen LogP contribution in [-0.4, -0.2) is 16.7 Å². The van der Waals surface area contributed by atoms with Crippen LogP contribution in [0.1, 0.15) is 32.8 Å². The summed E-state index contributed by atoms with van der Waals surface area (Å²) in [5.41, 5.74) is 1.49. The van der Waals surface area contributed by atoms with Crippen LogP contribution in [0, 0.1) is 0 Å². The molecule has 0 radical (unpaired) electrons. The Morgan fingerprint density at radius 3 is 2.57 bits per heavy atom. The SMILES string of the molecule is CC(C)(C)NCc1ccn(CCCOc2ccccc2)c1. The molecular weight excluding hydrogens is 260 g/mol. The number of benzene rings is 1. The molecule has 0 bridgehead atoms. The van der Waals surface area contributed by atoms with Gasteiger partial charge in [0, 0.05) is 31.0 Å². The van der Waals surface area contributed by atoms with E-state index in [0.717, 1.165) is 31.9 Å². The molecular formula is C18H26N2O. The van der Waals surface area contributed by atoms with Gasteiger partial charge in [0.2, 0.25) is 0 Å². The maximum atomic E-state index is 5.70. The number of ether oxygens (including phenoxy) is 1. The van der Waals surface area contributed by atoms with Gasteiger partial charge in [0.15, 0.2) is 0 Å². The molecule has 21 heavy (non-hydrogen) atoms. The third kappa shape index (κ3) is 6.05. The lowest BCUT2D eigenvalue weighted by Crippen LogP contribution is -2.34. The lowest BCUT2D eigenvalue weighted by Gasteiger charge is -2.19. The van der Waals surface area contributed by atoms with E-state index in [-0.39, 0.29) is 5.54 Å². The lowest BCUT2D eigenvalue weighted by atomic mass is 10.1. The van der Waals surface area contributed by atoms with E-state index in [1.54, 1.807) is 0 Å². The summed E-state index contributed by atoms with van der Waals surface area (Å²) in [7, 11) is 0. The number of aryl methyl sites for hydroxylation is 1. The normalized spacial score (nSPS) is 11.6. The minimum atomic E-state index is 0.158. The van der Waals surface area contributed by atoms with Gasteiger partial charge in [-0.1, -0.05) is 18.2 Å². The molecule has 0 atom stereocenters. The monoisotopic (exact) mass is 286 g/mol. The molecule has 3 heteroatoms. The molecule has 1 aromatic heterocycles. The maximum Gasteiger partial charge on any atom is 0.119 e.